The fourth-order valence-corrected chi connectivity index (χ4v) is 6.19. The number of carbonyl (C=O) groups is 1. The highest BCUT2D eigenvalue weighted by atomic mass is 16.7. The zero-order valence-electron chi connectivity index (χ0n) is 11.1. The number of nitrogens with zero attached hydrogens (tertiary/aromatic N) is 1. The van der Waals surface area contributed by atoms with E-state index in [4.69, 9.17) is 4.84 Å². The highest BCUT2D eigenvalue weighted by Gasteiger charge is 2.80. The molecule has 0 aromatic rings. The SMILES string of the molecule is CON(C)C(=O)C12CC3CC4CC(O)(C1)CC32C4. The van der Waals surface area contributed by atoms with E-state index in [1.54, 1.807) is 7.05 Å². The molecule has 1 N–H and O–H groups in total. The molecule has 4 heteroatoms. The summed E-state index contributed by atoms with van der Waals surface area (Å²) in [6.45, 7) is 0. The highest BCUT2D eigenvalue weighted by molar-refractivity contribution is 5.85. The van der Waals surface area contributed by atoms with E-state index < -0.39 is 5.60 Å². The van der Waals surface area contributed by atoms with Gasteiger partial charge in [0.25, 0.3) is 5.91 Å². The summed E-state index contributed by atoms with van der Waals surface area (Å²) < 4.78 is 0. The second kappa shape index (κ2) is 2.93. The van der Waals surface area contributed by atoms with Gasteiger partial charge in [-0.05, 0) is 55.8 Å². The molecule has 100 valence electrons. The van der Waals surface area contributed by atoms with Gasteiger partial charge in [-0.25, -0.2) is 5.06 Å². The smallest absolute Gasteiger partial charge is 0.252 e. The molecular weight excluding hydrogens is 230 g/mol. The van der Waals surface area contributed by atoms with Crippen LogP contribution in [0.3, 0.4) is 0 Å². The maximum Gasteiger partial charge on any atom is 0.252 e. The zero-order valence-corrected chi connectivity index (χ0v) is 11.1. The lowest BCUT2D eigenvalue weighted by Crippen LogP contribution is -2.60. The molecule has 4 aliphatic rings. The van der Waals surface area contributed by atoms with E-state index in [1.807, 2.05) is 0 Å². The molecule has 0 saturated heterocycles. The average molecular weight is 251 g/mol. The van der Waals surface area contributed by atoms with Crippen LogP contribution in [-0.2, 0) is 9.63 Å². The van der Waals surface area contributed by atoms with E-state index in [1.165, 1.54) is 18.6 Å². The molecule has 18 heavy (non-hydrogen) atoms. The van der Waals surface area contributed by atoms with Gasteiger partial charge in [0.2, 0.25) is 0 Å². The molecule has 4 aliphatic carbocycles. The number of carbonyl (C=O) groups excluding carboxylic acids is 1. The molecule has 0 heterocycles. The van der Waals surface area contributed by atoms with E-state index in [-0.39, 0.29) is 16.7 Å². The topological polar surface area (TPSA) is 49.8 Å². The molecule has 0 aliphatic heterocycles. The number of hydrogen-bond acceptors (Lipinski definition) is 3. The summed E-state index contributed by atoms with van der Waals surface area (Å²) in [5.74, 6) is 1.42. The molecule has 4 nitrogen and oxygen atoms in total. The first-order chi connectivity index (χ1) is 8.45. The number of amides is 1. The Labute approximate surface area is 107 Å². The Balaban J connectivity index is 1.78. The molecule has 4 rings (SSSR count). The normalized spacial score (nSPS) is 55.3. The zero-order chi connectivity index (χ0) is 12.8. The van der Waals surface area contributed by atoms with Gasteiger partial charge >= 0.3 is 0 Å². The summed E-state index contributed by atoms with van der Waals surface area (Å²) in [6.07, 6.45) is 5.79. The van der Waals surface area contributed by atoms with Crippen molar-refractivity contribution >= 4 is 5.91 Å². The molecule has 1 spiro atoms. The molecule has 3 bridgehead atoms. The van der Waals surface area contributed by atoms with Gasteiger partial charge in [0.15, 0.2) is 0 Å². The van der Waals surface area contributed by atoms with Gasteiger partial charge in [0.1, 0.15) is 0 Å². The highest BCUT2D eigenvalue weighted by Crippen LogP contribution is 2.82. The summed E-state index contributed by atoms with van der Waals surface area (Å²) in [5, 5.41) is 12.1. The molecule has 5 unspecified atom stereocenters. The molecule has 0 aromatic carbocycles. The lowest BCUT2D eigenvalue weighted by atomic mass is 9.46. The van der Waals surface area contributed by atoms with Crippen molar-refractivity contribution in [3.05, 3.63) is 0 Å². The van der Waals surface area contributed by atoms with Crippen molar-refractivity contribution in [1.82, 2.24) is 5.06 Å². The van der Waals surface area contributed by atoms with Gasteiger partial charge in [0, 0.05) is 7.05 Å². The van der Waals surface area contributed by atoms with Crippen molar-refractivity contribution in [2.24, 2.45) is 22.7 Å². The molecule has 5 atom stereocenters. The molecule has 0 aromatic heterocycles. The second-order valence-corrected chi connectivity index (χ2v) is 7.21. The van der Waals surface area contributed by atoms with Crippen LogP contribution in [0.25, 0.3) is 0 Å². The van der Waals surface area contributed by atoms with Crippen molar-refractivity contribution in [2.45, 2.75) is 44.1 Å². The van der Waals surface area contributed by atoms with Crippen LogP contribution >= 0.6 is 0 Å². The lowest BCUT2D eigenvalue weighted by molar-refractivity contribution is -0.206. The van der Waals surface area contributed by atoms with Crippen LogP contribution in [0, 0.1) is 22.7 Å². The van der Waals surface area contributed by atoms with Gasteiger partial charge in [0.05, 0.1) is 18.1 Å². The number of aliphatic hydroxyl groups is 1. The van der Waals surface area contributed by atoms with Crippen molar-refractivity contribution < 1.29 is 14.7 Å². The van der Waals surface area contributed by atoms with E-state index in [0.29, 0.717) is 18.3 Å². The fraction of sp³-hybridized carbons (Fsp3) is 0.929. The Morgan fingerprint density at radius 2 is 2.11 bits per heavy atom. The molecular formula is C14H21NO3. The lowest BCUT2D eigenvalue weighted by Gasteiger charge is -2.57. The third-order valence-corrected chi connectivity index (χ3v) is 6.51. The Morgan fingerprint density at radius 3 is 2.83 bits per heavy atom. The Hall–Kier alpha value is -0.610. The van der Waals surface area contributed by atoms with E-state index in [0.717, 1.165) is 25.7 Å². The Morgan fingerprint density at radius 1 is 1.33 bits per heavy atom. The maximum absolute atomic E-state index is 12.7. The minimum Gasteiger partial charge on any atom is -0.390 e. The first kappa shape index (κ1) is 11.2. The maximum atomic E-state index is 12.7. The van der Waals surface area contributed by atoms with Crippen LogP contribution < -0.4 is 0 Å². The summed E-state index contributed by atoms with van der Waals surface area (Å²) in [4.78, 5) is 17.8. The number of rotatable bonds is 2. The third kappa shape index (κ3) is 0.968. The number of hydrogen-bond donors (Lipinski definition) is 1. The van der Waals surface area contributed by atoms with Crippen molar-refractivity contribution in [1.29, 1.82) is 0 Å². The Bertz CT molecular complexity index is 439. The monoisotopic (exact) mass is 251 g/mol. The molecule has 1 amide bonds. The van der Waals surface area contributed by atoms with Gasteiger partial charge in [-0.3, -0.25) is 9.63 Å². The van der Waals surface area contributed by atoms with Crippen LogP contribution in [-0.4, -0.2) is 35.8 Å². The van der Waals surface area contributed by atoms with Crippen LogP contribution in [0.1, 0.15) is 38.5 Å². The third-order valence-electron chi connectivity index (χ3n) is 6.51. The van der Waals surface area contributed by atoms with Crippen LogP contribution in [0.5, 0.6) is 0 Å². The first-order valence-electron chi connectivity index (χ1n) is 6.99. The van der Waals surface area contributed by atoms with Gasteiger partial charge in [-0.15, -0.1) is 0 Å². The second-order valence-electron chi connectivity index (χ2n) is 7.21. The average Bonchev–Trinajstić information content (AvgIpc) is 2.61. The Kier molecular flexibility index (Phi) is 1.83. The van der Waals surface area contributed by atoms with Crippen molar-refractivity contribution in [3.8, 4) is 0 Å². The molecule has 0 radical (unpaired) electrons. The predicted molar refractivity (Wildman–Crippen MR) is 64.3 cm³/mol. The minimum atomic E-state index is -0.571. The molecule has 4 fully saturated rings. The van der Waals surface area contributed by atoms with E-state index >= 15 is 0 Å². The van der Waals surface area contributed by atoms with Crippen LogP contribution in [0.15, 0.2) is 0 Å². The van der Waals surface area contributed by atoms with Crippen LogP contribution in [0.2, 0.25) is 0 Å². The standard InChI is InChI=1S/C14H21NO3/c1-15(18-2)11(16)14-6-10-3-9-4-12(17,8-14)7-13(10,14)5-9/h9-10,17H,3-8H2,1-2H3. The van der Waals surface area contributed by atoms with E-state index in [2.05, 4.69) is 0 Å². The number of fused-ring (bicyclic) bond motifs is 2. The summed E-state index contributed by atoms with van der Waals surface area (Å²) in [6, 6.07) is 0. The number of hydroxylamine groups is 2. The summed E-state index contributed by atoms with van der Waals surface area (Å²) in [5.41, 5.74) is -0.782. The van der Waals surface area contributed by atoms with Gasteiger partial charge < -0.3 is 5.11 Å². The van der Waals surface area contributed by atoms with E-state index in [9.17, 15) is 9.90 Å². The fourth-order valence-electron chi connectivity index (χ4n) is 6.19. The van der Waals surface area contributed by atoms with Crippen molar-refractivity contribution in [3.63, 3.8) is 0 Å². The van der Waals surface area contributed by atoms with Crippen LogP contribution in [0.4, 0.5) is 0 Å². The van der Waals surface area contributed by atoms with Gasteiger partial charge in [-0.1, -0.05) is 0 Å². The summed E-state index contributed by atoms with van der Waals surface area (Å²) >= 11 is 0. The molecule has 4 saturated carbocycles. The quantitative estimate of drug-likeness (QED) is 0.753. The minimum absolute atomic E-state index is 0.0970. The predicted octanol–water partition coefficient (Wildman–Crippen LogP) is 1.34. The largest absolute Gasteiger partial charge is 0.390 e. The summed E-state index contributed by atoms with van der Waals surface area (Å²) in [7, 11) is 3.23. The van der Waals surface area contributed by atoms with Crippen molar-refractivity contribution in [2.75, 3.05) is 14.2 Å². The van der Waals surface area contributed by atoms with Gasteiger partial charge in [-0.2, -0.15) is 0 Å². The first-order valence-corrected chi connectivity index (χ1v) is 6.99.